The molecule has 4 atom stereocenters. The van der Waals surface area contributed by atoms with Crippen molar-refractivity contribution in [2.45, 2.75) is 51.7 Å². The molecule has 0 aromatic carbocycles. The summed E-state index contributed by atoms with van der Waals surface area (Å²) < 4.78 is 0. The molecule has 0 radical (unpaired) electrons. The number of aliphatic hydroxyl groups excluding tert-OH is 4. The lowest BCUT2D eigenvalue weighted by Gasteiger charge is -2.22. The van der Waals surface area contributed by atoms with Crippen LogP contribution in [0.4, 0.5) is 0 Å². The molecule has 0 amide bonds. The van der Waals surface area contributed by atoms with E-state index in [1.807, 2.05) is 13.8 Å². The minimum absolute atomic E-state index is 0.0605. The van der Waals surface area contributed by atoms with Gasteiger partial charge in [-0.15, -0.1) is 0 Å². The predicted molar refractivity (Wildman–Crippen MR) is 63.0 cm³/mol. The number of rotatable bonds is 9. The van der Waals surface area contributed by atoms with Gasteiger partial charge in [-0.05, 0) is 37.5 Å². The maximum Gasteiger partial charge on any atom is 0.0567 e. The Morgan fingerprint density at radius 2 is 1.00 bits per heavy atom. The first-order chi connectivity index (χ1) is 7.52. The van der Waals surface area contributed by atoms with Crippen LogP contribution in [0.2, 0.25) is 0 Å². The van der Waals surface area contributed by atoms with Gasteiger partial charge in [0.25, 0.3) is 0 Å². The zero-order valence-corrected chi connectivity index (χ0v) is 10.3. The lowest BCUT2D eigenvalue weighted by molar-refractivity contribution is 0.0477. The van der Waals surface area contributed by atoms with Crippen molar-refractivity contribution in [1.29, 1.82) is 0 Å². The highest BCUT2D eigenvalue weighted by molar-refractivity contribution is 4.70. The van der Waals surface area contributed by atoms with E-state index in [9.17, 15) is 10.2 Å². The van der Waals surface area contributed by atoms with Gasteiger partial charge in [-0.3, -0.25) is 0 Å². The third kappa shape index (κ3) is 6.43. The summed E-state index contributed by atoms with van der Waals surface area (Å²) in [5.41, 5.74) is 0. The first-order valence-corrected chi connectivity index (χ1v) is 6.10. The van der Waals surface area contributed by atoms with Gasteiger partial charge in [0, 0.05) is 13.2 Å². The highest BCUT2D eigenvalue weighted by Gasteiger charge is 2.18. The molecule has 4 nitrogen and oxygen atoms in total. The third-order valence-corrected chi connectivity index (χ3v) is 3.24. The zero-order valence-electron chi connectivity index (χ0n) is 10.3. The van der Waals surface area contributed by atoms with Gasteiger partial charge in [-0.1, -0.05) is 13.8 Å². The molecule has 4 N–H and O–H groups in total. The maximum absolute atomic E-state index is 9.74. The van der Waals surface area contributed by atoms with Gasteiger partial charge in [0.15, 0.2) is 0 Å². The van der Waals surface area contributed by atoms with Crippen molar-refractivity contribution in [2.75, 3.05) is 13.2 Å². The van der Waals surface area contributed by atoms with Crippen LogP contribution in [-0.2, 0) is 0 Å². The molecular formula is C12H26O4. The van der Waals surface area contributed by atoms with E-state index in [1.165, 1.54) is 0 Å². The van der Waals surface area contributed by atoms with Crippen LogP contribution in [0.3, 0.4) is 0 Å². The Kier molecular flexibility index (Phi) is 8.84. The summed E-state index contributed by atoms with van der Waals surface area (Å²) >= 11 is 0. The second-order valence-corrected chi connectivity index (χ2v) is 4.69. The highest BCUT2D eigenvalue weighted by atomic mass is 16.3. The van der Waals surface area contributed by atoms with Crippen molar-refractivity contribution in [3.05, 3.63) is 0 Å². The molecule has 0 saturated carbocycles. The Morgan fingerprint density at radius 3 is 1.25 bits per heavy atom. The summed E-state index contributed by atoms with van der Waals surface area (Å²) in [6, 6.07) is 0. The fraction of sp³-hybridized carbons (Fsp3) is 1.00. The Hall–Kier alpha value is -0.160. The maximum atomic E-state index is 9.74. The fourth-order valence-electron chi connectivity index (χ4n) is 1.70. The van der Waals surface area contributed by atoms with Crippen molar-refractivity contribution < 1.29 is 20.4 Å². The van der Waals surface area contributed by atoms with Crippen LogP contribution >= 0.6 is 0 Å². The van der Waals surface area contributed by atoms with Crippen molar-refractivity contribution in [3.8, 4) is 0 Å². The Morgan fingerprint density at radius 1 is 0.688 bits per heavy atom. The van der Waals surface area contributed by atoms with E-state index in [0.717, 1.165) is 0 Å². The molecule has 98 valence electrons. The molecule has 16 heavy (non-hydrogen) atoms. The normalized spacial score (nSPS) is 19.1. The van der Waals surface area contributed by atoms with Crippen molar-refractivity contribution in [2.24, 2.45) is 11.8 Å². The van der Waals surface area contributed by atoms with Crippen molar-refractivity contribution >= 4 is 0 Å². The summed E-state index contributed by atoms with van der Waals surface area (Å²) in [7, 11) is 0. The first kappa shape index (κ1) is 15.8. The minimum Gasteiger partial charge on any atom is -0.396 e. The molecule has 0 aliphatic heterocycles. The summed E-state index contributed by atoms with van der Waals surface area (Å²) in [6.45, 7) is 3.96. The van der Waals surface area contributed by atoms with E-state index in [0.29, 0.717) is 25.7 Å². The van der Waals surface area contributed by atoms with E-state index in [2.05, 4.69) is 0 Å². The lowest BCUT2D eigenvalue weighted by atomic mass is 9.92. The van der Waals surface area contributed by atoms with Gasteiger partial charge >= 0.3 is 0 Å². The molecule has 4 heteroatoms. The molecule has 0 aromatic heterocycles. The molecule has 0 heterocycles. The predicted octanol–water partition coefficient (Wildman–Crippen LogP) is 0.525. The Balaban J connectivity index is 3.77. The van der Waals surface area contributed by atoms with Gasteiger partial charge < -0.3 is 20.4 Å². The van der Waals surface area contributed by atoms with Crippen LogP contribution < -0.4 is 0 Å². The topological polar surface area (TPSA) is 80.9 Å². The summed E-state index contributed by atoms with van der Waals surface area (Å²) in [5, 5.41) is 36.9. The van der Waals surface area contributed by atoms with Crippen molar-refractivity contribution in [1.82, 2.24) is 0 Å². The average molecular weight is 234 g/mol. The van der Waals surface area contributed by atoms with Gasteiger partial charge in [-0.2, -0.15) is 0 Å². The second-order valence-electron chi connectivity index (χ2n) is 4.69. The molecule has 0 aromatic rings. The van der Waals surface area contributed by atoms with Crippen LogP contribution in [-0.4, -0.2) is 45.8 Å². The molecule has 4 unspecified atom stereocenters. The average Bonchev–Trinajstić information content (AvgIpc) is 2.25. The second kappa shape index (κ2) is 8.93. The van der Waals surface area contributed by atoms with Gasteiger partial charge in [0.05, 0.1) is 12.2 Å². The van der Waals surface area contributed by atoms with E-state index >= 15 is 0 Å². The zero-order chi connectivity index (χ0) is 12.6. The van der Waals surface area contributed by atoms with Crippen LogP contribution in [0.25, 0.3) is 0 Å². The first-order valence-electron chi connectivity index (χ1n) is 6.10. The number of hydrogen-bond donors (Lipinski definition) is 4. The summed E-state index contributed by atoms with van der Waals surface area (Å²) in [5.74, 6) is 0.121. The highest BCUT2D eigenvalue weighted by Crippen LogP contribution is 2.18. The molecule has 0 aliphatic carbocycles. The van der Waals surface area contributed by atoms with Gasteiger partial charge in [0.2, 0.25) is 0 Å². The molecular weight excluding hydrogens is 208 g/mol. The fourth-order valence-corrected chi connectivity index (χ4v) is 1.70. The molecule has 0 saturated heterocycles. The van der Waals surface area contributed by atoms with Gasteiger partial charge in [0.1, 0.15) is 0 Å². The monoisotopic (exact) mass is 234 g/mol. The van der Waals surface area contributed by atoms with E-state index in [-0.39, 0.29) is 25.0 Å². The van der Waals surface area contributed by atoms with E-state index in [1.54, 1.807) is 0 Å². The summed E-state index contributed by atoms with van der Waals surface area (Å²) in [6.07, 6.45) is 1.31. The van der Waals surface area contributed by atoms with Crippen LogP contribution in [0.5, 0.6) is 0 Å². The SMILES string of the molecule is CC(CCO)C(O)CCC(O)C(C)CCO. The summed E-state index contributed by atoms with van der Waals surface area (Å²) in [4.78, 5) is 0. The third-order valence-electron chi connectivity index (χ3n) is 3.24. The minimum atomic E-state index is -0.469. The van der Waals surface area contributed by atoms with Crippen LogP contribution in [0, 0.1) is 11.8 Å². The van der Waals surface area contributed by atoms with E-state index in [4.69, 9.17) is 10.2 Å². The van der Waals surface area contributed by atoms with Crippen LogP contribution in [0.1, 0.15) is 39.5 Å². The van der Waals surface area contributed by atoms with E-state index < -0.39 is 12.2 Å². The Bertz CT molecular complexity index is 145. The smallest absolute Gasteiger partial charge is 0.0567 e. The molecule has 0 rings (SSSR count). The molecule has 0 aliphatic rings. The number of aliphatic hydroxyl groups is 4. The van der Waals surface area contributed by atoms with Crippen LogP contribution in [0.15, 0.2) is 0 Å². The van der Waals surface area contributed by atoms with Gasteiger partial charge in [-0.25, -0.2) is 0 Å². The largest absolute Gasteiger partial charge is 0.396 e. The lowest BCUT2D eigenvalue weighted by Crippen LogP contribution is -2.24. The van der Waals surface area contributed by atoms with Crippen molar-refractivity contribution in [3.63, 3.8) is 0 Å². The number of hydrogen-bond acceptors (Lipinski definition) is 4. The molecule has 0 spiro atoms. The molecule has 0 fully saturated rings. The Labute approximate surface area is 97.9 Å². The quantitative estimate of drug-likeness (QED) is 0.469. The standard InChI is InChI=1S/C12H26O4/c1-9(5-7-13)11(15)3-4-12(16)10(2)6-8-14/h9-16H,3-8H2,1-2H3. The molecule has 0 bridgehead atoms.